The van der Waals surface area contributed by atoms with Crippen molar-refractivity contribution >= 4 is 17.8 Å². The highest BCUT2D eigenvalue weighted by atomic mass is 19.4. The van der Waals surface area contributed by atoms with Gasteiger partial charge in [0.05, 0.1) is 5.56 Å². The molecular formula is C20H23F3N4O3. The molecule has 2 aromatic rings. The second-order valence-electron chi connectivity index (χ2n) is 7.56. The highest BCUT2D eigenvalue weighted by Gasteiger charge is 2.35. The van der Waals surface area contributed by atoms with Crippen LogP contribution in [0.25, 0.3) is 0 Å². The fraction of sp³-hybridized carbons (Fsp3) is 0.450. The number of nitrogens with one attached hydrogen (secondary N) is 3. The first-order valence-electron chi connectivity index (χ1n) is 9.59. The second kappa shape index (κ2) is 8.76. The number of aromatic amines is 1. The molecule has 2 amide bonds. The van der Waals surface area contributed by atoms with E-state index in [4.69, 9.17) is 4.74 Å². The van der Waals surface area contributed by atoms with Crippen LogP contribution in [0.3, 0.4) is 0 Å². The van der Waals surface area contributed by atoms with Crippen LogP contribution in [0.5, 0.6) is 0 Å². The number of rotatable bonds is 6. The Balaban J connectivity index is 1.44. The van der Waals surface area contributed by atoms with E-state index in [2.05, 4.69) is 20.8 Å². The smallest absolute Gasteiger partial charge is 0.416 e. The zero-order chi connectivity index (χ0) is 21.9. The van der Waals surface area contributed by atoms with Crippen LogP contribution in [-0.4, -0.2) is 28.3 Å². The molecule has 1 aliphatic rings. The molecule has 0 bridgehead atoms. The maximum Gasteiger partial charge on any atom is 0.416 e. The van der Waals surface area contributed by atoms with Crippen LogP contribution in [0.15, 0.2) is 30.3 Å². The van der Waals surface area contributed by atoms with Gasteiger partial charge in [-0.15, -0.1) is 0 Å². The number of hydrogen-bond acceptors (Lipinski definition) is 4. The summed E-state index contributed by atoms with van der Waals surface area (Å²) >= 11 is 0. The van der Waals surface area contributed by atoms with Gasteiger partial charge in [-0.05, 0) is 24.5 Å². The Morgan fingerprint density at radius 2 is 1.97 bits per heavy atom. The van der Waals surface area contributed by atoms with E-state index in [1.807, 2.05) is 0 Å². The largest absolute Gasteiger partial charge is 0.446 e. The molecule has 1 fully saturated rings. The maximum atomic E-state index is 13.0. The Morgan fingerprint density at radius 1 is 1.27 bits per heavy atom. The Morgan fingerprint density at radius 3 is 2.63 bits per heavy atom. The van der Waals surface area contributed by atoms with Crippen molar-refractivity contribution < 1.29 is 27.5 Å². The molecule has 10 heteroatoms. The molecule has 1 heterocycles. The average Bonchev–Trinajstić information content (AvgIpc) is 3.09. The fourth-order valence-electron chi connectivity index (χ4n) is 3.11. The Kier molecular flexibility index (Phi) is 6.33. The minimum absolute atomic E-state index is 0.0260. The molecule has 0 atom stereocenters. The highest BCUT2D eigenvalue weighted by molar-refractivity contribution is 5.91. The zero-order valence-corrected chi connectivity index (χ0v) is 16.5. The van der Waals surface area contributed by atoms with E-state index < -0.39 is 17.8 Å². The number of hydrogen-bond donors (Lipinski definition) is 3. The van der Waals surface area contributed by atoms with Gasteiger partial charge in [0.25, 0.3) is 0 Å². The summed E-state index contributed by atoms with van der Waals surface area (Å²) < 4.78 is 44.2. The maximum absolute atomic E-state index is 13.0. The topological polar surface area (TPSA) is 96.1 Å². The fourth-order valence-corrected chi connectivity index (χ4v) is 3.11. The summed E-state index contributed by atoms with van der Waals surface area (Å²) in [5.41, 5.74) is 0.0175. The van der Waals surface area contributed by atoms with Crippen molar-refractivity contribution in [1.29, 1.82) is 0 Å². The summed E-state index contributed by atoms with van der Waals surface area (Å²) in [6, 6.07) is 6.82. The average molecular weight is 424 g/mol. The van der Waals surface area contributed by atoms with Crippen LogP contribution in [-0.2, 0) is 22.3 Å². The van der Waals surface area contributed by atoms with Crippen molar-refractivity contribution in [2.24, 2.45) is 5.92 Å². The summed E-state index contributed by atoms with van der Waals surface area (Å²) in [7, 11) is 0. The molecule has 3 rings (SSSR count). The first-order chi connectivity index (χ1) is 14.1. The van der Waals surface area contributed by atoms with Gasteiger partial charge in [0.1, 0.15) is 6.10 Å². The summed E-state index contributed by atoms with van der Waals surface area (Å²) in [6.07, 6.45) is -4.45. The van der Waals surface area contributed by atoms with E-state index in [0.29, 0.717) is 18.7 Å². The number of ether oxygens (including phenoxy) is 1. The van der Waals surface area contributed by atoms with Gasteiger partial charge in [0, 0.05) is 30.1 Å². The van der Waals surface area contributed by atoms with Gasteiger partial charge in [-0.2, -0.15) is 18.3 Å². The van der Waals surface area contributed by atoms with E-state index in [1.165, 1.54) is 18.2 Å². The van der Waals surface area contributed by atoms with Crippen molar-refractivity contribution in [3.05, 3.63) is 47.2 Å². The molecule has 1 saturated carbocycles. The lowest BCUT2D eigenvalue weighted by Gasteiger charge is -2.33. The Bertz CT molecular complexity index is 905. The van der Waals surface area contributed by atoms with Gasteiger partial charge in [0.2, 0.25) is 5.91 Å². The number of aromatic nitrogens is 2. The third kappa shape index (κ3) is 5.31. The van der Waals surface area contributed by atoms with Crippen molar-refractivity contribution in [2.45, 2.75) is 51.4 Å². The number of alkyl halides is 3. The van der Waals surface area contributed by atoms with Crippen LogP contribution >= 0.6 is 0 Å². The number of H-pyrrole nitrogens is 1. The van der Waals surface area contributed by atoms with Gasteiger partial charge in [-0.25, -0.2) is 4.79 Å². The normalized spacial score (nSPS) is 18.6. The molecule has 162 valence electrons. The number of benzene rings is 1. The minimum Gasteiger partial charge on any atom is -0.446 e. The first kappa shape index (κ1) is 21.7. The molecule has 1 aromatic heterocycles. The number of carbonyl (C=O) groups is 2. The zero-order valence-electron chi connectivity index (χ0n) is 16.5. The number of nitrogens with zero attached hydrogens (tertiary/aromatic N) is 1. The summed E-state index contributed by atoms with van der Waals surface area (Å²) in [4.78, 5) is 23.6. The molecular weight excluding hydrogens is 401 g/mol. The van der Waals surface area contributed by atoms with Crippen LogP contribution in [0.1, 0.15) is 49.4 Å². The van der Waals surface area contributed by atoms with Crippen molar-refractivity contribution in [3.8, 4) is 0 Å². The third-order valence-electron chi connectivity index (χ3n) is 4.93. The standard InChI is InChI=1S/C20H23F3N4O3/c1-11(2)18(28)25-17-9-16(26-27-17)13-7-14(8-13)30-19(29)24-10-12-5-3-4-6-15(12)20(21,22)23/h3-6,9,11,13-14H,7-8,10H2,1-2H3,(H,24,29)(H2,25,26,27,28). The van der Waals surface area contributed by atoms with Gasteiger partial charge >= 0.3 is 12.3 Å². The molecule has 0 radical (unpaired) electrons. The van der Waals surface area contributed by atoms with Crippen molar-refractivity contribution in [2.75, 3.05) is 5.32 Å². The molecule has 1 aromatic carbocycles. The summed E-state index contributed by atoms with van der Waals surface area (Å²) in [5.74, 6) is 0.250. The molecule has 1 aliphatic carbocycles. The van der Waals surface area contributed by atoms with Crippen LogP contribution in [0.2, 0.25) is 0 Å². The molecule has 0 spiro atoms. The number of amides is 2. The SMILES string of the molecule is CC(C)C(=O)Nc1cc(C2CC(OC(=O)NCc3ccccc3C(F)(F)F)C2)[nH]n1. The molecule has 3 N–H and O–H groups in total. The van der Waals surface area contributed by atoms with Gasteiger partial charge in [-0.1, -0.05) is 32.0 Å². The third-order valence-corrected chi connectivity index (χ3v) is 4.93. The van der Waals surface area contributed by atoms with Crippen LogP contribution in [0, 0.1) is 5.92 Å². The molecule has 0 aliphatic heterocycles. The van der Waals surface area contributed by atoms with E-state index in [0.717, 1.165) is 11.8 Å². The summed E-state index contributed by atoms with van der Waals surface area (Å²) in [5, 5.41) is 12.0. The number of carbonyl (C=O) groups excluding carboxylic acids is 2. The minimum atomic E-state index is -4.49. The van der Waals surface area contributed by atoms with E-state index in [-0.39, 0.29) is 36.0 Å². The predicted octanol–water partition coefficient (Wildman–Crippen LogP) is 4.20. The van der Waals surface area contributed by atoms with E-state index in [1.54, 1.807) is 19.9 Å². The first-order valence-corrected chi connectivity index (χ1v) is 9.59. The number of halogens is 3. The highest BCUT2D eigenvalue weighted by Crippen LogP contribution is 2.38. The van der Waals surface area contributed by atoms with Gasteiger partial charge in [-0.3, -0.25) is 9.89 Å². The van der Waals surface area contributed by atoms with Gasteiger partial charge in [0.15, 0.2) is 5.82 Å². The lowest BCUT2D eigenvalue weighted by atomic mass is 9.80. The molecule has 0 saturated heterocycles. The Labute approximate surface area is 171 Å². The van der Waals surface area contributed by atoms with Crippen molar-refractivity contribution in [1.82, 2.24) is 15.5 Å². The predicted molar refractivity (Wildman–Crippen MR) is 103 cm³/mol. The second-order valence-corrected chi connectivity index (χ2v) is 7.56. The number of alkyl carbamates (subject to hydrolysis) is 1. The lowest BCUT2D eigenvalue weighted by molar-refractivity contribution is -0.138. The van der Waals surface area contributed by atoms with E-state index >= 15 is 0 Å². The van der Waals surface area contributed by atoms with Crippen LogP contribution < -0.4 is 10.6 Å². The monoisotopic (exact) mass is 424 g/mol. The molecule has 30 heavy (non-hydrogen) atoms. The summed E-state index contributed by atoms with van der Waals surface area (Å²) in [6.45, 7) is 3.29. The Hall–Kier alpha value is -3.04. The molecule has 7 nitrogen and oxygen atoms in total. The van der Waals surface area contributed by atoms with Crippen molar-refractivity contribution in [3.63, 3.8) is 0 Å². The quantitative estimate of drug-likeness (QED) is 0.648. The van der Waals surface area contributed by atoms with E-state index in [9.17, 15) is 22.8 Å². The molecule has 0 unspecified atom stereocenters. The number of anilines is 1. The van der Waals surface area contributed by atoms with Gasteiger partial charge < -0.3 is 15.4 Å². The van der Waals surface area contributed by atoms with Crippen LogP contribution in [0.4, 0.5) is 23.8 Å². The lowest BCUT2D eigenvalue weighted by Crippen LogP contribution is -2.36.